The Bertz CT molecular complexity index is 1250. The summed E-state index contributed by atoms with van der Waals surface area (Å²) in [5.41, 5.74) is 2.67. The number of hydrogen-bond donors (Lipinski definition) is 0. The van der Waals surface area contributed by atoms with E-state index < -0.39 is 4.92 Å². The maximum absolute atomic E-state index is 11.3. The third-order valence-corrected chi connectivity index (χ3v) is 7.60. The Morgan fingerprint density at radius 1 is 0.973 bits per heavy atom. The van der Waals surface area contributed by atoms with E-state index in [0.717, 1.165) is 54.9 Å². The second kappa shape index (κ2) is 14.0. The van der Waals surface area contributed by atoms with Gasteiger partial charge in [-0.25, -0.2) is 0 Å². The molecule has 1 aliphatic rings. The van der Waals surface area contributed by atoms with Gasteiger partial charge in [0, 0.05) is 54.9 Å². The molecule has 0 amide bonds. The predicted octanol–water partition coefficient (Wildman–Crippen LogP) is 7.85. The van der Waals surface area contributed by atoms with E-state index in [1.54, 1.807) is 18.2 Å². The first-order valence-corrected chi connectivity index (χ1v) is 13.2. The normalized spacial score (nSPS) is 14.0. The van der Waals surface area contributed by atoms with Crippen LogP contribution in [0, 0.1) is 10.1 Å². The average Bonchev–Trinajstić information content (AvgIpc) is 2.88. The Morgan fingerprint density at radius 2 is 1.70 bits per heavy atom. The van der Waals surface area contributed by atoms with Gasteiger partial charge in [-0.2, -0.15) is 0 Å². The van der Waals surface area contributed by atoms with Gasteiger partial charge < -0.3 is 9.64 Å². The van der Waals surface area contributed by atoms with Crippen molar-refractivity contribution in [1.29, 1.82) is 0 Å². The fraction of sp³-hybridized carbons (Fsp3) is 0.259. The van der Waals surface area contributed by atoms with Gasteiger partial charge in [-0.1, -0.05) is 75.5 Å². The van der Waals surface area contributed by atoms with Crippen LogP contribution in [0.3, 0.4) is 0 Å². The summed E-state index contributed by atoms with van der Waals surface area (Å²) >= 11 is 16.1. The van der Waals surface area contributed by atoms with Crippen LogP contribution >= 0.6 is 51.5 Å². The fourth-order valence-electron chi connectivity index (χ4n) is 4.12. The molecule has 6 nitrogen and oxygen atoms in total. The lowest BCUT2D eigenvalue weighted by Crippen LogP contribution is -2.46. The highest BCUT2D eigenvalue weighted by Crippen LogP contribution is 2.33. The third kappa shape index (κ3) is 7.85. The van der Waals surface area contributed by atoms with Crippen LogP contribution < -0.4 is 9.64 Å². The molecule has 1 saturated heterocycles. The summed E-state index contributed by atoms with van der Waals surface area (Å²) in [6.45, 7) is 5.06. The Hall–Kier alpha value is -2.29. The smallest absolute Gasteiger partial charge is 0.270 e. The van der Waals surface area contributed by atoms with Crippen molar-refractivity contribution in [3.8, 4) is 5.75 Å². The van der Waals surface area contributed by atoms with E-state index in [1.807, 2.05) is 48.6 Å². The molecule has 0 spiro atoms. The molecule has 1 aliphatic heterocycles. The third-order valence-electron chi connectivity index (χ3n) is 6.07. The molecule has 1 fully saturated rings. The van der Waals surface area contributed by atoms with E-state index in [0.29, 0.717) is 28.0 Å². The van der Waals surface area contributed by atoms with Crippen LogP contribution in [0.4, 0.5) is 11.4 Å². The summed E-state index contributed by atoms with van der Waals surface area (Å²) in [4.78, 5) is 15.6. The highest BCUT2D eigenvalue weighted by Gasteiger charge is 2.19. The van der Waals surface area contributed by atoms with Gasteiger partial charge in [-0.3, -0.25) is 15.0 Å². The summed E-state index contributed by atoms with van der Waals surface area (Å²) < 4.78 is 7.00. The molecule has 0 unspecified atom stereocenters. The van der Waals surface area contributed by atoms with Crippen molar-refractivity contribution in [3.05, 3.63) is 96.4 Å². The standard InChI is InChI=1S/C27H26BrCl2N3O3.ClH/c28-23-6-2-1-5-20(23)9-10-21-19-22(33(34)35)11-12-26(21)36-18-4-13-31-14-16-32(17-15-31)25-8-3-7-24(29)27(25)30;/h1-3,5-12,19H,4,13-18H2;1H. The molecule has 10 heteroatoms. The van der Waals surface area contributed by atoms with Crippen LogP contribution in [0.25, 0.3) is 12.2 Å². The van der Waals surface area contributed by atoms with Gasteiger partial charge in [0.1, 0.15) is 5.75 Å². The first kappa shape index (κ1) is 29.3. The van der Waals surface area contributed by atoms with Gasteiger partial charge in [-0.15, -0.1) is 12.4 Å². The van der Waals surface area contributed by atoms with Crippen molar-refractivity contribution in [2.45, 2.75) is 6.42 Å². The molecule has 1 heterocycles. The van der Waals surface area contributed by atoms with Crippen LogP contribution in [-0.2, 0) is 0 Å². The van der Waals surface area contributed by atoms with Crippen molar-refractivity contribution in [3.63, 3.8) is 0 Å². The summed E-state index contributed by atoms with van der Waals surface area (Å²) in [5.74, 6) is 0.629. The topological polar surface area (TPSA) is 58.9 Å². The summed E-state index contributed by atoms with van der Waals surface area (Å²) in [5, 5.41) is 12.5. The molecular formula is C27H27BrCl3N3O3. The molecule has 196 valence electrons. The summed E-state index contributed by atoms with van der Waals surface area (Å²) in [6, 6.07) is 18.2. The molecule has 3 aromatic rings. The van der Waals surface area contributed by atoms with E-state index in [2.05, 4.69) is 25.7 Å². The van der Waals surface area contributed by atoms with Crippen molar-refractivity contribution in [1.82, 2.24) is 4.90 Å². The van der Waals surface area contributed by atoms with Crippen molar-refractivity contribution >= 4 is 75.1 Å². The SMILES string of the molecule is Cl.O=[N+]([O-])c1ccc(OCCCN2CCN(c3cccc(Cl)c3Cl)CC2)c(C=Cc2ccccc2Br)c1. The number of nitro benzene ring substituents is 1. The minimum Gasteiger partial charge on any atom is -0.493 e. The highest BCUT2D eigenvalue weighted by molar-refractivity contribution is 9.10. The fourth-order valence-corrected chi connectivity index (χ4v) is 4.95. The van der Waals surface area contributed by atoms with E-state index >= 15 is 0 Å². The molecule has 0 saturated carbocycles. The number of benzene rings is 3. The van der Waals surface area contributed by atoms with Crippen LogP contribution in [0.2, 0.25) is 10.0 Å². The van der Waals surface area contributed by atoms with E-state index in [9.17, 15) is 10.1 Å². The number of anilines is 1. The van der Waals surface area contributed by atoms with Gasteiger partial charge in [0.2, 0.25) is 0 Å². The van der Waals surface area contributed by atoms with Crippen LogP contribution in [-0.4, -0.2) is 49.2 Å². The van der Waals surface area contributed by atoms with Crippen molar-refractivity contribution in [2.75, 3.05) is 44.2 Å². The molecule has 4 rings (SSSR count). The van der Waals surface area contributed by atoms with E-state index in [1.165, 1.54) is 6.07 Å². The summed E-state index contributed by atoms with van der Waals surface area (Å²) in [6.07, 6.45) is 4.62. The van der Waals surface area contributed by atoms with Gasteiger partial charge in [0.25, 0.3) is 5.69 Å². The molecule has 0 atom stereocenters. The van der Waals surface area contributed by atoms with E-state index in [-0.39, 0.29) is 18.1 Å². The number of non-ortho nitro benzene ring substituents is 1. The first-order chi connectivity index (χ1) is 17.4. The Labute approximate surface area is 241 Å². The predicted molar refractivity (Wildman–Crippen MR) is 159 cm³/mol. The number of piperazine rings is 1. The van der Waals surface area contributed by atoms with Crippen molar-refractivity contribution < 1.29 is 9.66 Å². The Kier molecular flexibility index (Phi) is 11.1. The molecule has 0 radical (unpaired) electrons. The summed E-state index contributed by atoms with van der Waals surface area (Å²) in [7, 11) is 0. The van der Waals surface area contributed by atoms with Gasteiger partial charge in [0.05, 0.1) is 27.3 Å². The van der Waals surface area contributed by atoms with E-state index in [4.69, 9.17) is 27.9 Å². The van der Waals surface area contributed by atoms with Crippen LogP contribution in [0.1, 0.15) is 17.5 Å². The second-order valence-corrected chi connectivity index (χ2v) is 10.1. The molecule has 0 N–H and O–H groups in total. The first-order valence-electron chi connectivity index (χ1n) is 11.7. The maximum Gasteiger partial charge on any atom is 0.270 e. The van der Waals surface area contributed by atoms with Gasteiger partial charge >= 0.3 is 0 Å². The Morgan fingerprint density at radius 3 is 2.43 bits per heavy atom. The highest BCUT2D eigenvalue weighted by atomic mass is 79.9. The average molecular weight is 628 g/mol. The lowest BCUT2D eigenvalue weighted by atomic mass is 10.1. The quantitative estimate of drug-likeness (QED) is 0.105. The van der Waals surface area contributed by atoms with Gasteiger partial charge in [0.15, 0.2) is 0 Å². The molecule has 0 aromatic heterocycles. The maximum atomic E-state index is 11.3. The number of nitrogens with zero attached hydrogens (tertiary/aromatic N) is 3. The van der Waals surface area contributed by atoms with Crippen molar-refractivity contribution in [2.24, 2.45) is 0 Å². The molecule has 0 bridgehead atoms. The number of ether oxygens (including phenoxy) is 1. The second-order valence-electron chi connectivity index (χ2n) is 8.44. The van der Waals surface area contributed by atoms with Crippen LogP contribution in [0.5, 0.6) is 5.75 Å². The zero-order valence-corrected chi connectivity index (χ0v) is 23.9. The molecule has 3 aromatic carbocycles. The minimum atomic E-state index is -0.393. The lowest BCUT2D eigenvalue weighted by Gasteiger charge is -2.36. The molecular weight excluding hydrogens is 601 g/mol. The monoisotopic (exact) mass is 625 g/mol. The number of hydrogen-bond acceptors (Lipinski definition) is 5. The largest absolute Gasteiger partial charge is 0.493 e. The minimum absolute atomic E-state index is 0. The number of halogens is 4. The number of nitro groups is 1. The molecule has 37 heavy (non-hydrogen) atoms. The zero-order valence-electron chi connectivity index (χ0n) is 20.0. The number of rotatable bonds is 9. The zero-order chi connectivity index (χ0) is 25.5. The van der Waals surface area contributed by atoms with Crippen LogP contribution in [0.15, 0.2) is 65.1 Å². The van der Waals surface area contributed by atoms with Gasteiger partial charge in [-0.05, 0) is 36.2 Å². The Balaban J connectivity index is 0.00000380. The lowest BCUT2D eigenvalue weighted by molar-refractivity contribution is -0.384. The molecule has 0 aliphatic carbocycles.